The largest absolute Gasteiger partial charge is 0.0999 e. The molecule has 0 amide bonds. The zero-order chi connectivity index (χ0) is 15.6. The molecule has 0 fully saturated rings. The van der Waals surface area contributed by atoms with E-state index >= 15 is 0 Å². The van der Waals surface area contributed by atoms with Crippen LogP contribution in [0, 0.1) is 0 Å². The first-order valence-corrected chi connectivity index (χ1v) is 9.62. The van der Waals surface area contributed by atoms with Gasteiger partial charge in [-0.05, 0) is 44.9 Å². The normalized spacial score (nSPS) is 11.3. The molecular weight excluding hydrogens is 252 g/mol. The highest BCUT2D eigenvalue weighted by molar-refractivity contribution is 4.91. The molecule has 0 spiro atoms. The minimum atomic E-state index is 1.16. The van der Waals surface area contributed by atoms with Gasteiger partial charge >= 0.3 is 0 Å². The molecule has 0 heteroatoms. The van der Waals surface area contributed by atoms with Crippen molar-refractivity contribution in [3.05, 3.63) is 24.3 Å². The maximum atomic E-state index is 4.07. The van der Waals surface area contributed by atoms with E-state index in [4.69, 9.17) is 0 Å². The molecule has 0 nitrogen and oxygen atoms in total. The first-order chi connectivity index (χ1) is 10.3. The van der Waals surface area contributed by atoms with Crippen molar-refractivity contribution < 1.29 is 0 Å². The van der Waals surface area contributed by atoms with Gasteiger partial charge in [0.1, 0.15) is 0 Å². The summed E-state index contributed by atoms with van der Waals surface area (Å²) in [6.07, 6.45) is 25.2. The molecule has 0 radical (unpaired) electrons. The van der Waals surface area contributed by atoms with Gasteiger partial charge in [0.2, 0.25) is 0 Å². The van der Waals surface area contributed by atoms with Crippen molar-refractivity contribution in [2.75, 3.05) is 0 Å². The average molecular weight is 293 g/mol. The van der Waals surface area contributed by atoms with E-state index in [1.54, 1.807) is 0 Å². The smallest absolute Gasteiger partial charge is 0.0323 e. The monoisotopic (exact) mass is 292 g/mol. The van der Waals surface area contributed by atoms with Gasteiger partial charge in [0, 0.05) is 0 Å². The molecule has 124 valence electrons. The third-order valence-electron chi connectivity index (χ3n) is 4.29. The van der Waals surface area contributed by atoms with Crippen molar-refractivity contribution in [1.82, 2.24) is 0 Å². The zero-order valence-corrected chi connectivity index (χ0v) is 15.0. The van der Waals surface area contributed by atoms with Crippen LogP contribution in [-0.4, -0.2) is 0 Å². The Morgan fingerprint density at radius 2 is 1.14 bits per heavy atom. The van der Waals surface area contributed by atoms with Crippen molar-refractivity contribution in [2.24, 2.45) is 0 Å². The number of unbranched alkanes of at least 4 members (excludes halogenated alkanes) is 11. The summed E-state index contributed by atoms with van der Waals surface area (Å²) >= 11 is 0. The standard InChI is InChI=1S/C21H40/c1-4-6-7-8-9-10-11-12-13-14-15-16-17-18-19-20-21(3)5-2/h12-13H,3-11,14-20H2,1-2H3/b13-12-. The molecule has 0 aliphatic carbocycles. The summed E-state index contributed by atoms with van der Waals surface area (Å²) < 4.78 is 0. The highest BCUT2D eigenvalue weighted by Crippen LogP contribution is 2.13. The second kappa shape index (κ2) is 17.5. The number of allylic oxidation sites excluding steroid dienone is 3. The first kappa shape index (κ1) is 20.5. The third-order valence-corrected chi connectivity index (χ3v) is 4.29. The van der Waals surface area contributed by atoms with Crippen LogP contribution < -0.4 is 0 Å². The summed E-state index contributed by atoms with van der Waals surface area (Å²) in [7, 11) is 0. The molecular formula is C21H40. The fourth-order valence-corrected chi connectivity index (χ4v) is 2.62. The van der Waals surface area contributed by atoms with E-state index in [1.165, 1.54) is 95.5 Å². The van der Waals surface area contributed by atoms with Gasteiger partial charge in [-0.1, -0.05) is 89.5 Å². The van der Waals surface area contributed by atoms with Crippen LogP contribution in [-0.2, 0) is 0 Å². The lowest BCUT2D eigenvalue weighted by Crippen LogP contribution is -1.82. The fraction of sp³-hybridized carbons (Fsp3) is 0.810. The summed E-state index contributed by atoms with van der Waals surface area (Å²) in [4.78, 5) is 0. The molecule has 0 saturated heterocycles. The molecule has 0 bridgehead atoms. The van der Waals surface area contributed by atoms with Gasteiger partial charge in [-0.2, -0.15) is 0 Å². The minimum absolute atomic E-state index is 1.16. The van der Waals surface area contributed by atoms with E-state index in [2.05, 4.69) is 32.6 Å². The highest BCUT2D eigenvalue weighted by atomic mass is 14.0. The summed E-state index contributed by atoms with van der Waals surface area (Å²) in [5, 5.41) is 0. The lowest BCUT2D eigenvalue weighted by atomic mass is 10.0. The van der Waals surface area contributed by atoms with E-state index < -0.39 is 0 Å². The molecule has 0 saturated carbocycles. The van der Waals surface area contributed by atoms with Crippen molar-refractivity contribution in [2.45, 2.75) is 110 Å². The molecule has 0 aromatic carbocycles. The Hall–Kier alpha value is -0.520. The van der Waals surface area contributed by atoms with Crippen molar-refractivity contribution in [1.29, 1.82) is 0 Å². The Labute approximate surface area is 135 Å². The SMILES string of the molecule is C=C(CC)CCCCCCC/C=C\CCCCCCCC. The highest BCUT2D eigenvalue weighted by Gasteiger charge is 1.93. The van der Waals surface area contributed by atoms with Crippen LogP contribution in [0.25, 0.3) is 0 Å². The van der Waals surface area contributed by atoms with Crippen LogP contribution in [0.15, 0.2) is 24.3 Å². The molecule has 0 aliphatic heterocycles. The van der Waals surface area contributed by atoms with E-state index in [9.17, 15) is 0 Å². The summed E-state index contributed by atoms with van der Waals surface area (Å²) in [5.41, 5.74) is 1.42. The van der Waals surface area contributed by atoms with Gasteiger partial charge in [0.05, 0.1) is 0 Å². The lowest BCUT2D eigenvalue weighted by molar-refractivity contribution is 0.607. The lowest BCUT2D eigenvalue weighted by Gasteiger charge is -2.02. The molecule has 0 aliphatic rings. The predicted octanol–water partition coefficient (Wildman–Crippen LogP) is 7.99. The zero-order valence-electron chi connectivity index (χ0n) is 15.0. The Balaban J connectivity index is 3.10. The van der Waals surface area contributed by atoms with Crippen molar-refractivity contribution in [3.8, 4) is 0 Å². The average Bonchev–Trinajstić information content (AvgIpc) is 2.50. The van der Waals surface area contributed by atoms with Crippen LogP contribution in [0.3, 0.4) is 0 Å². The van der Waals surface area contributed by atoms with Crippen LogP contribution in [0.5, 0.6) is 0 Å². The van der Waals surface area contributed by atoms with Crippen LogP contribution in [0.4, 0.5) is 0 Å². The molecule has 0 aromatic heterocycles. The van der Waals surface area contributed by atoms with Gasteiger partial charge in [0.15, 0.2) is 0 Å². The molecule has 0 N–H and O–H groups in total. The second-order valence-electron chi connectivity index (χ2n) is 6.44. The quantitative estimate of drug-likeness (QED) is 0.200. The maximum absolute atomic E-state index is 4.07. The van der Waals surface area contributed by atoms with Gasteiger partial charge in [0.25, 0.3) is 0 Å². The summed E-state index contributed by atoms with van der Waals surface area (Å²) in [6, 6.07) is 0. The van der Waals surface area contributed by atoms with E-state index in [0.29, 0.717) is 0 Å². The molecule has 0 aromatic rings. The second-order valence-corrected chi connectivity index (χ2v) is 6.44. The molecule has 0 unspecified atom stereocenters. The molecule has 0 atom stereocenters. The minimum Gasteiger partial charge on any atom is -0.0999 e. The topological polar surface area (TPSA) is 0 Å². The molecule has 21 heavy (non-hydrogen) atoms. The maximum Gasteiger partial charge on any atom is -0.0323 e. The van der Waals surface area contributed by atoms with Crippen LogP contribution >= 0.6 is 0 Å². The Morgan fingerprint density at radius 3 is 1.67 bits per heavy atom. The molecule has 0 heterocycles. The first-order valence-electron chi connectivity index (χ1n) is 9.62. The van der Waals surface area contributed by atoms with Gasteiger partial charge in [-0.25, -0.2) is 0 Å². The summed E-state index contributed by atoms with van der Waals surface area (Å²) in [5.74, 6) is 0. The summed E-state index contributed by atoms with van der Waals surface area (Å²) in [6.45, 7) is 8.56. The van der Waals surface area contributed by atoms with E-state index in [-0.39, 0.29) is 0 Å². The van der Waals surface area contributed by atoms with E-state index in [0.717, 1.165) is 6.42 Å². The Kier molecular flexibility index (Phi) is 17.1. The number of rotatable bonds is 16. The Morgan fingerprint density at radius 1 is 0.667 bits per heavy atom. The van der Waals surface area contributed by atoms with Crippen LogP contribution in [0.2, 0.25) is 0 Å². The number of hydrogen-bond donors (Lipinski definition) is 0. The van der Waals surface area contributed by atoms with Crippen molar-refractivity contribution in [3.63, 3.8) is 0 Å². The van der Waals surface area contributed by atoms with Gasteiger partial charge < -0.3 is 0 Å². The van der Waals surface area contributed by atoms with E-state index in [1.807, 2.05) is 0 Å². The molecule has 0 rings (SSSR count). The number of hydrogen-bond acceptors (Lipinski definition) is 0. The van der Waals surface area contributed by atoms with Crippen molar-refractivity contribution >= 4 is 0 Å². The van der Waals surface area contributed by atoms with Crippen LogP contribution in [0.1, 0.15) is 110 Å². The predicted molar refractivity (Wildman–Crippen MR) is 98.9 cm³/mol. The third kappa shape index (κ3) is 17.4. The van der Waals surface area contributed by atoms with Gasteiger partial charge in [-0.3, -0.25) is 0 Å². The van der Waals surface area contributed by atoms with Gasteiger partial charge in [-0.15, -0.1) is 0 Å². The fourth-order valence-electron chi connectivity index (χ4n) is 2.62. The Bertz CT molecular complexity index is 236.